The molecule has 1 amide bonds. The minimum atomic E-state index is 0.233. The third-order valence-corrected chi connectivity index (χ3v) is 4.87. The van der Waals surface area contributed by atoms with E-state index in [1.54, 1.807) is 0 Å². The van der Waals surface area contributed by atoms with Crippen molar-refractivity contribution in [3.05, 3.63) is 30.3 Å². The Kier molecular flexibility index (Phi) is 5.68. The number of piperazine rings is 2. The zero-order valence-corrected chi connectivity index (χ0v) is 14.1. The lowest BCUT2D eigenvalue weighted by Gasteiger charge is -2.38. The van der Waals surface area contributed by atoms with Crippen LogP contribution in [0, 0.1) is 11.3 Å². The lowest BCUT2D eigenvalue weighted by atomic mass is 10.2. The molecule has 6 nitrogen and oxygen atoms in total. The van der Waals surface area contributed by atoms with Crippen molar-refractivity contribution in [2.45, 2.75) is 0 Å². The fraction of sp³-hybridized carbons (Fsp3) is 0.556. The molecule has 0 unspecified atom stereocenters. The summed E-state index contributed by atoms with van der Waals surface area (Å²) in [6.45, 7) is 7.87. The normalized spacial score (nSPS) is 20.0. The molecule has 0 spiro atoms. The van der Waals surface area contributed by atoms with Crippen LogP contribution in [-0.4, -0.2) is 86.1 Å². The van der Waals surface area contributed by atoms with E-state index in [2.05, 4.69) is 45.0 Å². The van der Waals surface area contributed by atoms with E-state index in [1.807, 2.05) is 11.0 Å². The van der Waals surface area contributed by atoms with Crippen LogP contribution in [-0.2, 0) is 4.79 Å². The molecule has 6 heteroatoms. The van der Waals surface area contributed by atoms with Gasteiger partial charge in [0.25, 0.3) is 0 Å². The van der Waals surface area contributed by atoms with E-state index >= 15 is 0 Å². The predicted molar refractivity (Wildman–Crippen MR) is 93.7 cm³/mol. The molecule has 0 bridgehead atoms. The van der Waals surface area contributed by atoms with Crippen LogP contribution >= 0.6 is 0 Å². The van der Waals surface area contributed by atoms with Gasteiger partial charge in [0.15, 0.2) is 0 Å². The Bertz CT molecular complexity index is 569. The standard InChI is InChI=1S/C18H25N5O/c19-6-7-20-8-10-21(11-9-20)16-18(24)23-14-12-22(13-15-23)17-4-2-1-3-5-17/h1-5H,7-16H2. The molecule has 2 aliphatic rings. The van der Waals surface area contributed by atoms with Gasteiger partial charge in [0.05, 0.1) is 19.2 Å². The Labute approximate surface area is 143 Å². The van der Waals surface area contributed by atoms with Gasteiger partial charge in [-0.15, -0.1) is 0 Å². The zero-order chi connectivity index (χ0) is 16.8. The first-order chi connectivity index (χ1) is 11.8. The largest absolute Gasteiger partial charge is 0.368 e. The number of hydrogen-bond acceptors (Lipinski definition) is 5. The van der Waals surface area contributed by atoms with Crippen LogP contribution in [0.5, 0.6) is 0 Å². The molecule has 0 N–H and O–H groups in total. The molecule has 2 aliphatic heterocycles. The Balaban J connectivity index is 1.42. The maximum absolute atomic E-state index is 12.5. The van der Waals surface area contributed by atoms with Crippen molar-refractivity contribution in [2.24, 2.45) is 0 Å². The summed E-state index contributed by atoms with van der Waals surface area (Å²) in [6, 6.07) is 12.6. The van der Waals surface area contributed by atoms with E-state index in [1.165, 1.54) is 5.69 Å². The second-order valence-corrected chi connectivity index (χ2v) is 6.41. The molecule has 0 aromatic heterocycles. The molecule has 1 aromatic rings. The average Bonchev–Trinajstić information content (AvgIpc) is 2.64. The number of carbonyl (C=O) groups is 1. The van der Waals surface area contributed by atoms with Crippen LogP contribution in [0.3, 0.4) is 0 Å². The first kappa shape index (κ1) is 16.7. The highest BCUT2D eigenvalue weighted by atomic mass is 16.2. The van der Waals surface area contributed by atoms with Crippen LogP contribution in [0.25, 0.3) is 0 Å². The van der Waals surface area contributed by atoms with Crippen LogP contribution in [0.4, 0.5) is 5.69 Å². The summed E-state index contributed by atoms with van der Waals surface area (Å²) in [5.41, 5.74) is 1.23. The molecule has 24 heavy (non-hydrogen) atoms. The van der Waals surface area contributed by atoms with Crippen molar-refractivity contribution in [2.75, 3.05) is 70.3 Å². The summed E-state index contributed by atoms with van der Waals surface area (Å²) in [5, 5.41) is 8.73. The molecular formula is C18H25N5O. The number of hydrogen-bond donors (Lipinski definition) is 0. The monoisotopic (exact) mass is 327 g/mol. The third-order valence-electron chi connectivity index (χ3n) is 4.87. The minimum Gasteiger partial charge on any atom is -0.368 e. The van der Waals surface area contributed by atoms with Crippen molar-refractivity contribution in [3.8, 4) is 6.07 Å². The summed E-state index contributed by atoms with van der Waals surface area (Å²) >= 11 is 0. The molecule has 3 rings (SSSR count). The van der Waals surface area contributed by atoms with Crippen LogP contribution < -0.4 is 4.90 Å². The van der Waals surface area contributed by atoms with E-state index in [-0.39, 0.29) is 5.91 Å². The number of benzene rings is 1. The van der Waals surface area contributed by atoms with Gasteiger partial charge >= 0.3 is 0 Å². The number of carbonyl (C=O) groups excluding carboxylic acids is 1. The zero-order valence-electron chi connectivity index (χ0n) is 14.1. The van der Waals surface area contributed by atoms with Crippen molar-refractivity contribution < 1.29 is 4.79 Å². The van der Waals surface area contributed by atoms with Crippen molar-refractivity contribution in [3.63, 3.8) is 0 Å². The van der Waals surface area contributed by atoms with E-state index in [4.69, 9.17) is 5.26 Å². The number of nitriles is 1. The Morgan fingerprint density at radius 2 is 1.54 bits per heavy atom. The van der Waals surface area contributed by atoms with Gasteiger partial charge in [-0.05, 0) is 12.1 Å². The topological polar surface area (TPSA) is 53.8 Å². The van der Waals surface area contributed by atoms with Gasteiger partial charge in [-0.1, -0.05) is 18.2 Å². The average molecular weight is 327 g/mol. The highest BCUT2D eigenvalue weighted by molar-refractivity contribution is 5.78. The summed E-state index contributed by atoms with van der Waals surface area (Å²) in [7, 11) is 0. The summed E-state index contributed by atoms with van der Waals surface area (Å²) < 4.78 is 0. The number of nitrogens with zero attached hydrogens (tertiary/aromatic N) is 5. The van der Waals surface area contributed by atoms with Gasteiger partial charge in [-0.2, -0.15) is 5.26 Å². The van der Waals surface area contributed by atoms with Crippen LogP contribution in [0.2, 0.25) is 0 Å². The van der Waals surface area contributed by atoms with E-state index in [9.17, 15) is 4.79 Å². The van der Waals surface area contributed by atoms with Gasteiger partial charge in [0.2, 0.25) is 5.91 Å². The maximum Gasteiger partial charge on any atom is 0.236 e. The fourth-order valence-corrected chi connectivity index (χ4v) is 3.35. The molecule has 2 heterocycles. The van der Waals surface area contributed by atoms with E-state index in [0.717, 1.165) is 52.4 Å². The number of rotatable bonds is 4. The quantitative estimate of drug-likeness (QED) is 0.753. The summed E-state index contributed by atoms with van der Waals surface area (Å²) in [4.78, 5) is 21.2. The maximum atomic E-state index is 12.5. The van der Waals surface area contributed by atoms with Crippen molar-refractivity contribution >= 4 is 11.6 Å². The van der Waals surface area contributed by atoms with Gasteiger partial charge in [0.1, 0.15) is 0 Å². The first-order valence-corrected chi connectivity index (χ1v) is 8.66. The second-order valence-electron chi connectivity index (χ2n) is 6.41. The predicted octanol–water partition coefficient (Wildman–Crippen LogP) is 0.476. The van der Waals surface area contributed by atoms with Crippen molar-refractivity contribution in [1.29, 1.82) is 5.26 Å². The second kappa shape index (κ2) is 8.13. The molecule has 2 saturated heterocycles. The number of amides is 1. The molecule has 0 atom stereocenters. The molecule has 2 fully saturated rings. The van der Waals surface area contributed by atoms with Gasteiger partial charge in [-0.3, -0.25) is 14.6 Å². The van der Waals surface area contributed by atoms with E-state index < -0.39 is 0 Å². The third kappa shape index (κ3) is 4.25. The molecule has 0 aliphatic carbocycles. The summed E-state index contributed by atoms with van der Waals surface area (Å²) in [5.74, 6) is 0.233. The van der Waals surface area contributed by atoms with Crippen LogP contribution in [0.15, 0.2) is 30.3 Å². The highest BCUT2D eigenvalue weighted by Gasteiger charge is 2.24. The molecular weight excluding hydrogens is 302 g/mol. The highest BCUT2D eigenvalue weighted by Crippen LogP contribution is 2.15. The number of para-hydroxylation sites is 1. The van der Waals surface area contributed by atoms with Gasteiger partial charge in [0, 0.05) is 58.0 Å². The lowest BCUT2D eigenvalue weighted by molar-refractivity contribution is -0.133. The Hall–Kier alpha value is -2.10. The van der Waals surface area contributed by atoms with Gasteiger partial charge in [-0.25, -0.2) is 0 Å². The lowest BCUT2D eigenvalue weighted by Crippen LogP contribution is -2.53. The SMILES string of the molecule is N#CCN1CCN(CC(=O)N2CCN(c3ccccc3)CC2)CC1. The molecule has 0 radical (unpaired) electrons. The number of anilines is 1. The Morgan fingerprint density at radius 1 is 0.917 bits per heavy atom. The minimum absolute atomic E-state index is 0.233. The molecule has 0 saturated carbocycles. The Morgan fingerprint density at radius 3 is 2.17 bits per heavy atom. The first-order valence-electron chi connectivity index (χ1n) is 8.66. The fourth-order valence-electron chi connectivity index (χ4n) is 3.35. The molecule has 1 aromatic carbocycles. The van der Waals surface area contributed by atoms with Crippen molar-refractivity contribution in [1.82, 2.24) is 14.7 Å². The van der Waals surface area contributed by atoms with Crippen LogP contribution in [0.1, 0.15) is 0 Å². The smallest absolute Gasteiger partial charge is 0.236 e. The van der Waals surface area contributed by atoms with Gasteiger partial charge < -0.3 is 9.80 Å². The van der Waals surface area contributed by atoms with E-state index in [0.29, 0.717) is 13.1 Å². The molecule has 128 valence electrons. The summed E-state index contributed by atoms with van der Waals surface area (Å²) in [6.07, 6.45) is 0.